The third-order valence-electron chi connectivity index (χ3n) is 3.96. The normalized spacial score (nSPS) is 11.6. The van der Waals surface area contributed by atoms with Crippen LogP contribution in [0.3, 0.4) is 0 Å². The van der Waals surface area contributed by atoms with Crippen LogP contribution < -0.4 is 5.32 Å². The van der Waals surface area contributed by atoms with E-state index in [1.54, 1.807) is 7.11 Å². The predicted octanol–water partition coefficient (Wildman–Crippen LogP) is 3.74. The predicted molar refractivity (Wildman–Crippen MR) is 85.1 cm³/mol. The minimum atomic E-state index is 0.590. The number of aromatic nitrogens is 1. The van der Waals surface area contributed by atoms with E-state index in [-0.39, 0.29) is 0 Å². The number of methoxy groups -OCH3 is 1. The first-order valence-electron chi connectivity index (χ1n) is 7.59. The van der Waals surface area contributed by atoms with Gasteiger partial charge in [0, 0.05) is 32.4 Å². The maximum atomic E-state index is 5.08. The summed E-state index contributed by atoms with van der Waals surface area (Å²) in [6.45, 7) is 7.06. The average molecular weight is 274 g/mol. The van der Waals surface area contributed by atoms with Gasteiger partial charge in [0.25, 0.3) is 0 Å². The fraction of sp³-hybridized carbons (Fsp3) is 0.529. The molecule has 2 aromatic rings. The smallest absolute Gasteiger partial charge is 0.0587 e. The zero-order chi connectivity index (χ0) is 14.4. The van der Waals surface area contributed by atoms with E-state index in [0.717, 1.165) is 19.7 Å². The van der Waals surface area contributed by atoms with Gasteiger partial charge in [-0.3, -0.25) is 0 Å². The van der Waals surface area contributed by atoms with E-state index in [9.17, 15) is 0 Å². The third-order valence-corrected chi connectivity index (χ3v) is 3.96. The molecule has 3 nitrogen and oxygen atoms in total. The molecule has 0 amide bonds. The summed E-state index contributed by atoms with van der Waals surface area (Å²) in [4.78, 5) is 0. The quantitative estimate of drug-likeness (QED) is 0.742. The summed E-state index contributed by atoms with van der Waals surface area (Å²) in [5.41, 5.74) is 2.75. The molecule has 20 heavy (non-hydrogen) atoms. The van der Waals surface area contributed by atoms with Gasteiger partial charge in [0.2, 0.25) is 0 Å². The summed E-state index contributed by atoms with van der Waals surface area (Å²) in [5.74, 6) is 0. The number of hydrogen-bond acceptors (Lipinski definition) is 2. The Bertz CT molecular complexity index is 529. The Morgan fingerprint density at radius 3 is 2.70 bits per heavy atom. The molecule has 110 valence electrons. The summed E-state index contributed by atoms with van der Waals surface area (Å²) in [6.07, 6.45) is 4.58. The number of nitrogens with one attached hydrogen (secondary N) is 1. The van der Waals surface area contributed by atoms with Crippen LogP contribution in [0.2, 0.25) is 0 Å². The van der Waals surface area contributed by atoms with Gasteiger partial charge in [-0.2, -0.15) is 0 Å². The van der Waals surface area contributed by atoms with Crippen molar-refractivity contribution in [2.75, 3.05) is 20.3 Å². The largest absolute Gasteiger partial charge is 0.383 e. The van der Waals surface area contributed by atoms with Gasteiger partial charge < -0.3 is 14.6 Å². The van der Waals surface area contributed by atoms with Gasteiger partial charge in [-0.1, -0.05) is 32.0 Å². The Kier molecular flexibility index (Phi) is 5.62. The molecule has 0 fully saturated rings. The summed E-state index contributed by atoms with van der Waals surface area (Å²) in [7, 11) is 1.74. The molecule has 0 aliphatic carbocycles. The zero-order valence-corrected chi connectivity index (χ0v) is 12.9. The molecule has 1 N–H and O–H groups in total. The molecule has 0 radical (unpaired) electrons. The maximum absolute atomic E-state index is 5.08. The van der Waals surface area contributed by atoms with Gasteiger partial charge in [0.1, 0.15) is 0 Å². The highest BCUT2D eigenvalue weighted by Gasteiger charge is 2.12. The Balaban J connectivity index is 2.26. The highest BCUT2D eigenvalue weighted by atomic mass is 16.5. The van der Waals surface area contributed by atoms with E-state index in [2.05, 4.69) is 54.2 Å². The Morgan fingerprint density at radius 1 is 1.20 bits per heavy atom. The monoisotopic (exact) mass is 274 g/mol. The number of benzene rings is 1. The van der Waals surface area contributed by atoms with Crippen molar-refractivity contribution in [1.29, 1.82) is 0 Å². The molecule has 2 rings (SSSR count). The second kappa shape index (κ2) is 7.46. The van der Waals surface area contributed by atoms with Crippen LogP contribution in [-0.4, -0.2) is 24.8 Å². The Morgan fingerprint density at radius 2 is 2.00 bits per heavy atom. The molecule has 1 aromatic heterocycles. The molecular formula is C17H26N2O. The number of hydrogen-bond donors (Lipinski definition) is 1. The molecule has 0 saturated carbocycles. The van der Waals surface area contributed by atoms with Crippen LogP contribution in [-0.2, 0) is 11.3 Å². The number of nitrogens with zero attached hydrogens (tertiary/aromatic N) is 1. The van der Waals surface area contributed by atoms with Crippen molar-refractivity contribution in [3.63, 3.8) is 0 Å². The first-order chi connectivity index (χ1) is 9.81. The van der Waals surface area contributed by atoms with E-state index in [4.69, 9.17) is 4.74 Å². The van der Waals surface area contributed by atoms with Gasteiger partial charge >= 0.3 is 0 Å². The lowest BCUT2D eigenvalue weighted by atomic mass is 10.1. The summed E-state index contributed by atoms with van der Waals surface area (Å²) in [6, 6.07) is 9.39. The summed E-state index contributed by atoms with van der Waals surface area (Å²) in [5, 5.41) is 4.78. The number of rotatable bonds is 8. The number of fused-ring (bicyclic) bond motifs is 1. The minimum absolute atomic E-state index is 0.590. The molecule has 1 aromatic carbocycles. The van der Waals surface area contributed by atoms with Crippen molar-refractivity contribution in [2.24, 2.45) is 0 Å². The summed E-state index contributed by atoms with van der Waals surface area (Å²) >= 11 is 0. The zero-order valence-electron chi connectivity index (χ0n) is 12.9. The van der Waals surface area contributed by atoms with Crippen LogP contribution >= 0.6 is 0 Å². The second-order valence-electron chi connectivity index (χ2n) is 5.22. The highest BCUT2D eigenvalue weighted by Crippen LogP contribution is 2.26. The molecule has 3 heteroatoms. The topological polar surface area (TPSA) is 26.2 Å². The van der Waals surface area contributed by atoms with Crippen molar-refractivity contribution in [2.45, 2.75) is 39.3 Å². The lowest BCUT2D eigenvalue weighted by molar-refractivity contribution is 0.199. The SMILES string of the molecule is CCC(CC)n1ccc2cccc(CNCCOC)c21. The van der Waals surface area contributed by atoms with Crippen molar-refractivity contribution >= 4 is 10.9 Å². The average Bonchev–Trinajstić information content (AvgIpc) is 2.90. The highest BCUT2D eigenvalue weighted by molar-refractivity contribution is 5.83. The van der Waals surface area contributed by atoms with Gasteiger partial charge in [-0.05, 0) is 29.9 Å². The number of ether oxygens (including phenoxy) is 1. The van der Waals surface area contributed by atoms with Crippen molar-refractivity contribution < 1.29 is 4.74 Å². The molecule has 1 heterocycles. The molecule has 0 spiro atoms. The minimum Gasteiger partial charge on any atom is -0.383 e. The molecule has 0 aliphatic heterocycles. The lowest BCUT2D eigenvalue weighted by Crippen LogP contribution is -2.19. The molecule has 0 bridgehead atoms. The fourth-order valence-corrected chi connectivity index (χ4v) is 2.82. The van der Waals surface area contributed by atoms with Gasteiger partial charge in [-0.15, -0.1) is 0 Å². The van der Waals surface area contributed by atoms with E-state index in [0.29, 0.717) is 6.04 Å². The fourth-order valence-electron chi connectivity index (χ4n) is 2.82. The standard InChI is InChI=1S/C17H26N2O/c1-4-16(5-2)19-11-9-14-7-6-8-15(17(14)19)13-18-10-12-20-3/h6-9,11,16,18H,4-5,10,12-13H2,1-3H3. The van der Waals surface area contributed by atoms with Crippen LogP contribution in [0, 0.1) is 0 Å². The molecule has 0 aliphatic rings. The van der Waals surface area contributed by atoms with Crippen molar-refractivity contribution in [3.05, 3.63) is 36.0 Å². The molecule has 0 unspecified atom stereocenters. The van der Waals surface area contributed by atoms with Crippen LogP contribution in [0.5, 0.6) is 0 Å². The van der Waals surface area contributed by atoms with E-state index in [1.165, 1.54) is 29.3 Å². The van der Waals surface area contributed by atoms with Gasteiger partial charge in [-0.25, -0.2) is 0 Å². The first-order valence-corrected chi connectivity index (χ1v) is 7.59. The van der Waals surface area contributed by atoms with E-state index in [1.807, 2.05) is 0 Å². The molecule has 0 saturated heterocycles. The van der Waals surface area contributed by atoms with Crippen LogP contribution in [0.4, 0.5) is 0 Å². The van der Waals surface area contributed by atoms with E-state index < -0.39 is 0 Å². The van der Waals surface area contributed by atoms with Gasteiger partial charge in [0.15, 0.2) is 0 Å². The van der Waals surface area contributed by atoms with Crippen LogP contribution in [0.25, 0.3) is 10.9 Å². The number of para-hydroxylation sites is 1. The lowest BCUT2D eigenvalue weighted by Gasteiger charge is -2.18. The van der Waals surface area contributed by atoms with E-state index >= 15 is 0 Å². The van der Waals surface area contributed by atoms with Crippen LogP contribution in [0.1, 0.15) is 38.3 Å². The summed E-state index contributed by atoms with van der Waals surface area (Å²) < 4.78 is 7.53. The third kappa shape index (κ3) is 3.22. The van der Waals surface area contributed by atoms with Crippen LogP contribution in [0.15, 0.2) is 30.5 Å². The van der Waals surface area contributed by atoms with Crippen molar-refractivity contribution in [1.82, 2.24) is 9.88 Å². The van der Waals surface area contributed by atoms with Gasteiger partial charge in [0.05, 0.1) is 12.1 Å². The first kappa shape index (κ1) is 15.1. The Labute approximate surface area is 121 Å². The van der Waals surface area contributed by atoms with Crippen molar-refractivity contribution in [3.8, 4) is 0 Å². The maximum Gasteiger partial charge on any atom is 0.0587 e. The molecular weight excluding hydrogens is 248 g/mol. The molecule has 0 atom stereocenters. The Hall–Kier alpha value is -1.32. The second-order valence-corrected chi connectivity index (χ2v) is 5.22.